The van der Waals surface area contributed by atoms with E-state index in [1.165, 1.54) is 24.1 Å². The van der Waals surface area contributed by atoms with Crippen LogP contribution >= 0.6 is 11.6 Å². The first-order chi connectivity index (χ1) is 9.91. The van der Waals surface area contributed by atoms with Crippen LogP contribution in [-0.4, -0.2) is 17.9 Å². The number of benzene rings is 2. The van der Waals surface area contributed by atoms with Crippen molar-refractivity contribution in [2.45, 2.75) is 13.0 Å². The van der Waals surface area contributed by atoms with Gasteiger partial charge < -0.3 is 4.90 Å². The van der Waals surface area contributed by atoms with Gasteiger partial charge in [0.1, 0.15) is 0 Å². The second-order valence-corrected chi connectivity index (χ2v) is 5.18. The molecule has 0 spiro atoms. The standard InChI is InChI=1S/C16H14ClF2NO/c1-10(11-5-3-6-12(17)9-11)20(2)16(21)13-7-4-8-14(18)15(13)19/h3-10H,1-2H3. The predicted molar refractivity (Wildman–Crippen MR) is 78.3 cm³/mol. The topological polar surface area (TPSA) is 20.3 Å². The van der Waals surface area contributed by atoms with E-state index in [-0.39, 0.29) is 11.6 Å². The largest absolute Gasteiger partial charge is 0.335 e. The maximum absolute atomic E-state index is 13.7. The van der Waals surface area contributed by atoms with Crippen molar-refractivity contribution in [3.8, 4) is 0 Å². The van der Waals surface area contributed by atoms with E-state index >= 15 is 0 Å². The molecule has 0 saturated heterocycles. The van der Waals surface area contributed by atoms with E-state index in [2.05, 4.69) is 0 Å². The maximum atomic E-state index is 13.7. The molecule has 5 heteroatoms. The average molecular weight is 310 g/mol. The van der Waals surface area contributed by atoms with Gasteiger partial charge in [-0.2, -0.15) is 0 Å². The summed E-state index contributed by atoms with van der Waals surface area (Å²) in [7, 11) is 1.54. The summed E-state index contributed by atoms with van der Waals surface area (Å²) in [5.41, 5.74) is 0.529. The van der Waals surface area contributed by atoms with E-state index < -0.39 is 17.5 Å². The zero-order valence-electron chi connectivity index (χ0n) is 11.6. The minimum Gasteiger partial charge on any atom is -0.335 e. The van der Waals surface area contributed by atoms with Gasteiger partial charge in [0.2, 0.25) is 0 Å². The van der Waals surface area contributed by atoms with Crippen LogP contribution in [0.1, 0.15) is 28.9 Å². The van der Waals surface area contributed by atoms with Gasteiger partial charge >= 0.3 is 0 Å². The van der Waals surface area contributed by atoms with Gasteiger partial charge in [-0.05, 0) is 36.8 Å². The van der Waals surface area contributed by atoms with Crippen molar-refractivity contribution in [1.82, 2.24) is 4.90 Å². The van der Waals surface area contributed by atoms with E-state index in [9.17, 15) is 13.6 Å². The Labute approximate surface area is 127 Å². The molecular formula is C16H14ClF2NO. The average Bonchev–Trinajstić information content (AvgIpc) is 2.48. The molecular weight excluding hydrogens is 296 g/mol. The normalized spacial score (nSPS) is 12.0. The Kier molecular flexibility index (Phi) is 4.58. The van der Waals surface area contributed by atoms with Crippen molar-refractivity contribution >= 4 is 17.5 Å². The van der Waals surface area contributed by atoms with E-state index in [0.29, 0.717) is 5.02 Å². The van der Waals surface area contributed by atoms with Crippen LogP contribution in [0.2, 0.25) is 5.02 Å². The lowest BCUT2D eigenvalue weighted by Crippen LogP contribution is -2.30. The molecule has 2 aromatic rings. The van der Waals surface area contributed by atoms with Crippen LogP contribution in [0.4, 0.5) is 8.78 Å². The first-order valence-corrected chi connectivity index (χ1v) is 6.76. The molecule has 110 valence electrons. The summed E-state index contributed by atoms with van der Waals surface area (Å²) in [6.45, 7) is 1.79. The lowest BCUT2D eigenvalue weighted by Gasteiger charge is -2.25. The Morgan fingerprint density at radius 1 is 1.19 bits per heavy atom. The summed E-state index contributed by atoms with van der Waals surface area (Å²) in [6, 6.07) is 10.3. The van der Waals surface area contributed by atoms with Gasteiger partial charge in [0, 0.05) is 12.1 Å². The van der Waals surface area contributed by atoms with Crippen molar-refractivity contribution < 1.29 is 13.6 Å². The fourth-order valence-corrected chi connectivity index (χ4v) is 2.22. The van der Waals surface area contributed by atoms with E-state index in [1.54, 1.807) is 25.1 Å². The van der Waals surface area contributed by atoms with Crippen molar-refractivity contribution in [3.05, 3.63) is 70.2 Å². The zero-order chi connectivity index (χ0) is 15.6. The molecule has 0 aromatic heterocycles. The highest BCUT2D eigenvalue weighted by atomic mass is 35.5. The molecule has 0 saturated carbocycles. The van der Waals surface area contributed by atoms with Gasteiger partial charge in [-0.15, -0.1) is 0 Å². The van der Waals surface area contributed by atoms with Gasteiger partial charge in [0.05, 0.1) is 11.6 Å². The molecule has 0 heterocycles. The third-order valence-corrected chi connectivity index (χ3v) is 3.65. The lowest BCUT2D eigenvalue weighted by molar-refractivity contribution is 0.0736. The van der Waals surface area contributed by atoms with Crippen LogP contribution < -0.4 is 0 Å². The number of carbonyl (C=O) groups excluding carboxylic acids is 1. The zero-order valence-corrected chi connectivity index (χ0v) is 12.4. The third kappa shape index (κ3) is 3.22. The van der Waals surface area contributed by atoms with Crippen molar-refractivity contribution in [1.29, 1.82) is 0 Å². The molecule has 0 N–H and O–H groups in total. The fraction of sp³-hybridized carbons (Fsp3) is 0.188. The fourth-order valence-electron chi connectivity index (χ4n) is 2.02. The number of carbonyl (C=O) groups is 1. The van der Waals surface area contributed by atoms with Crippen molar-refractivity contribution in [2.75, 3.05) is 7.05 Å². The monoisotopic (exact) mass is 309 g/mol. The number of nitrogens with zero attached hydrogens (tertiary/aromatic N) is 1. The molecule has 0 aliphatic heterocycles. The van der Waals surface area contributed by atoms with Crippen LogP contribution in [0.3, 0.4) is 0 Å². The first-order valence-electron chi connectivity index (χ1n) is 6.38. The van der Waals surface area contributed by atoms with Crippen LogP contribution in [-0.2, 0) is 0 Å². The number of rotatable bonds is 3. The van der Waals surface area contributed by atoms with Gasteiger partial charge in [0.15, 0.2) is 11.6 Å². The predicted octanol–water partition coefficient (Wildman–Crippen LogP) is 4.45. The summed E-state index contributed by atoms with van der Waals surface area (Å²) < 4.78 is 26.9. The first kappa shape index (κ1) is 15.4. The van der Waals surface area contributed by atoms with Gasteiger partial charge in [-0.1, -0.05) is 29.8 Å². The van der Waals surface area contributed by atoms with Crippen LogP contribution in [0.25, 0.3) is 0 Å². The molecule has 2 nitrogen and oxygen atoms in total. The van der Waals surface area contributed by atoms with Gasteiger partial charge in [-0.3, -0.25) is 4.79 Å². The number of hydrogen-bond donors (Lipinski definition) is 0. The van der Waals surface area contributed by atoms with Gasteiger partial charge in [-0.25, -0.2) is 8.78 Å². The molecule has 0 aliphatic rings. The molecule has 1 atom stereocenters. The summed E-state index contributed by atoms with van der Waals surface area (Å²) in [5, 5.41) is 0.553. The Bertz CT molecular complexity index is 675. The van der Waals surface area contributed by atoms with E-state index in [1.807, 2.05) is 6.07 Å². The summed E-state index contributed by atoms with van der Waals surface area (Å²) in [5.74, 6) is -2.75. The smallest absolute Gasteiger partial charge is 0.257 e. The highest BCUT2D eigenvalue weighted by molar-refractivity contribution is 6.30. The number of halogens is 3. The molecule has 0 radical (unpaired) electrons. The lowest BCUT2D eigenvalue weighted by atomic mass is 10.1. The van der Waals surface area contributed by atoms with Crippen molar-refractivity contribution in [2.24, 2.45) is 0 Å². The Morgan fingerprint density at radius 3 is 2.52 bits per heavy atom. The van der Waals surface area contributed by atoms with Gasteiger partial charge in [0.25, 0.3) is 5.91 Å². The molecule has 1 amide bonds. The van der Waals surface area contributed by atoms with Crippen LogP contribution in [0.15, 0.2) is 42.5 Å². The molecule has 0 aliphatic carbocycles. The maximum Gasteiger partial charge on any atom is 0.257 e. The van der Waals surface area contributed by atoms with Crippen molar-refractivity contribution in [3.63, 3.8) is 0 Å². The van der Waals surface area contributed by atoms with E-state index in [0.717, 1.165) is 11.6 Å². The Hall–Kier alpha value is -1.94. The minimum absolute atomic E-state index is 0.286. The molecule has 2 rings (SSSR count). The second kappa shape index (κ2) is 6.22. The molecule has 0 fully saturated rings. The SMILES string of the molecule is CC(c1cccc(Cl)c1)N(C)C(=O)c1cccc(F)c1F. The highest BCUT2D eigenvalue weighted by Gasteiger charge is 2.23. The second-order valence-electron chi connectivity index (χ2n) is 4.75. The number of amides is 1. The number of hydrogen-bond acceptors (Lipinski definition) is 1. The Balaban J connectivity index is 2.29. The summed E-state index contributed by atoms with van der Waals surface area (Å²) >= 11 is 5.92. The highest BCUT2D eigenvalue weighted by Crippen LogP contribution is 2.24. The Morgan fingerprint density at radius 2 is 1.86 bits per heavy atom. The van der Waals surface area contributed by atoms with E-state index in [4.69, 9.17) is 11.6 Å². The molecule has 0 bridgehead atoms. The summed E-state index contributed by atoms with van der Waals surface area (Å²) in [6.07, 6.45) is 0. The molecule has 2 aromatic carbocycles. The minimum atomic E-state index is -1.13. The molecule has 21 heavy (non-hydrogen) atoms. The molecule has 1 unspecified atom stereocenters. The van der Waals surface area contributed by atoms with Crippen LogP contribution in [0, 0.1) is 11.6 Å². The third-order valence-electron chi connectivity index (χ3n) is 3.41. The quantitative estimate of drug-likeness (QED) is 0.820. The summed E-state index contributed by atoms with van der Waals surface area (Å²) in [4.78, 5) is 13.7. The van der Waals surface area contributed by atoms with Crippen LogP contribution in [0.5, 0.6) is 0 Å².